The molecule has 0 radical (unpaired) electrons. The maximum atomic E-state index is 11.7. The van der Waals surface area contributed by atoms with Crippen molar-refractivity contribution in [3.8, 4) is 0 Å². The van der Waals surface area contributed by atoms with Crippen molar-refractivity contribution in [1.82, 2.24) is 20.1 Å². The number of nitrogens with one attached hydrogen (secondary N) is 1. The molecule has 0 saturated carbocycles. The number of hydrogen-bond donors (Lipinski definition) is 2. The molecule has 17 heavy (non-hydrogen) atoms. The first-order valence-corrected chi connectivity index (χ1v) is 5.94. The lowest BCUT2D eigenvalue weighted by Crippen LogP contribution is -2.41. The Balaban J connectivity index is 2.43. The van der Waals surface area contributed by atoms with Crippen molar-refractivity contribution in [2.45, 2.75) is 46.3 Å². The molecular formula is C11H21N5O. The molecule has 1 amide bonds. The Morgan fingerprint density at radius 1 is 1.59 bits per heavy atom. The maximum Gasteiger partial charge on any atom is 0.237 e. The van der Waals surface area contributed by atoms with Crippen LogP contribution in [0.15, 0.2) is 6.33 Å². The van der Waals surface area contributed by atoms with Gasteiger partial charge in [-0.25, -0.2) is 0 Å². The Kier molecular flexibility index (Phi) is 5.09. The third-order valence-electron chi connectivity index (χ3n) is 2.52. The van der Waals surface area contributed by atoms with Crippen molar-refractivity contribution in [2.24, 2.45) is 11.7 Å². The highest BCUT2D eigenvalue weighted by Crippen LogP contribution is 2.03. The van der Waals surface area contributed by atoms with Crippen molar-refractivity contribution in [3.05, 3.63) is 12.2 Å². The predicted molar refractivity (Wildman–Crippen MR) is 65.0 cm³/mol. The van der Waals surface area contributed by atoms with Crippen molar-refractivity contribution >= 4 is 5.91 Å². The quantitative estimate of drug-likeness (QED) is 0.747. The van der Waals surface area contributed by atoms with E-state index in [1.165, 1.54) is 0 Å². The van der Waals surface area contributed by atoms with Gasteiger partial charge in [-0.1, -0.05) is 13.8 Å². The average molecular weight is 239 g/mol. The molecule has 3 N–H and O–H groups in total. The molecule has 0 fully saturated rings. The van der Waals surface area contributed by atoms with Crippen LogP contribution in [0.3, 0.4) is 0 Å². The van der Waals surface area contributed by atoms with Crippen LogP contribution >= 0.6 is 0 Å². The van der Waals surface area contributed by atoms with Gasteiger partial charge in [-0.15, -0.1) is 10.2 Å². The largest absolute Gasteiger partial charge is 0.347 e. The third kappa shape index (κ3) is 4.14. The molecule has 1 atom stereocenters. The van der Waals surface area contributed by atoms with E-state index in [2.05, 4.69) is 15.5 Å². The molecular weight excluding hydrogens is 218 g/mol. The molecule has 0 aliphatic rings. The number of rotatable bonds is 6. The fourth-order valence-electron chi connectivity index (χ4n) is 1.59. The van der Waals surface area contributed by atoms with Crippen LogP contribution < -0.4 is 11.1 Å². The van der Waals surface area contributed by atoms with Gasteiger partial charge in [0.2, 0.25) is 5.91 Å². The van der Waals surface area contributed by atoms with E-state index in [9.17, 15) is 4.79 Å². The molecule has 0 spiro atoms. The summed E-state index contributed by atoms with van der Waals surface area (Å²) in [5, 5.41) is 10.5. The van der Waals surface area contributed by atoms with Crippen LogP contribution in [-0.4, -0.2) is 26.7 Å². The number of carbonyl (C=O) groups is 1. The van der Waals surface area contributed by atoms with Gasteiger partial charge in [-0.2, -0.15) is 0 Å². The van der Waals surface area contributed by atoms with Crippen LogP contribution in [0.25, 0.3) is 0 Å². The predicted octanol–water partition coefficient (Wildman–Crippen LogP) is 0.288. The molecule has 0 aliphatic heterocycles. The van der Waals surface area contributed by atoms with Gasteiger partial charge in [0.1, 0.15) is 6.33 Å². The highest BCUT2D eigenvalue weighted by atomic mass is 16.2. The molecule has 1 aromatic rings. The lowest BCUT2D eigenvalue weighted by Gasteiger charge is -2.13. The molecule has 1 rings (SSSR count). The Labute approximate surface area is 102 Å². The van der Waals surface area contributed by atoms with E-state index in [-0.39, 0.29) is 5.91 Å². The van der Waals surface area contributed by atoms with Gasteiger partial charge in [0.15, 0.2) is 5.82 Å². The smallest absolute Gasteiger partial charge is 0.237 e. The molecule has 6 heteroatoms. The zero-order chi connectivity index (χ0) is 12.8. The van der Waals surface area contributed by atoms with E-state index in [4.69, 9.17) is 5.73 Å². The van der Waals surface area contributed by atoms with E-state index in [1.807, 2.05) is 25.3 Å². The zero-order valence-electron chi connectivity index (χ0n) is 10.7. The summed E-state index contributed by atoms with van der Waals surface area (Å²) in [5.74, 6) is 1.02. The normalized spacial score (nSPS) is 12.8. The fraction of sp³-hybridized carbons (Fsp3) is 0.727. The molecule has 1 heterocycles. The van der Waals surface area contributed by atoms with Crippen molar-refractivity contribution in [3.63, 3.8) is 0 Å². The topological polar surface area (TPSA) is 85.8 Å². The van der Waals surface area contributed by atoms with Gasteiger partial charge in [0, 0.05) is 6.54 Å². The standard InChI is InChI=1S/C11H21N5O/c1-4-16-7-14-15-10(16)6-13-11(17)9(12)5-8(2)3/h7-9H,4-6,12H2,1-3H3,(H,13,17). The SMILES string of the molecule is CCn1cnnc1CNC(=O)C(N)CC(C)C. The first-order valence-electron chi connectivity index (χ1n) is 5.94. The van der Waals surface area contributed by atoms with Crippen molar-refractivity contribution in [1.29, 1.82) is 0 Å². The molecule has 1 aromatic heterocycles. The molecule has 0 aliphatic carbocycles. The Morgan fingerprint density at radius 3 is 2.88 bits per heavy atom. The molecule has 1 unspecified atom stereocenters. The van der Waals surface area contributed by atoms with E-state index in [0.29, 0.717) is 18.9 Å². The van der Waals surface area contributed by atoms with E-state index in [0.717, 1.165) is 12.4 Å². The van der Waals surface area contributed by atoms with Crippen molar-refractivity contribution < 1.29 is 4.79 Å². The van der Waals surface area contributed by atoms with Crippen LogP contribution in [0.2, 0.25) is 0 Å². The first kappa shape index (κ1) is 13.6. The summed E-state index contributed by atoms with van der Waals surface area (Å²) < 4.78 is 1.88. The Hall–Kier alpha value is -1.43. The molecule has 96 valence electrons. The number of nitrogens with zero attached hydrogens (tertiary/aromatic N) is 3. The third-order valence-corrected chi connectivity index (χ3v) is 2.52. The van der Waals surface area contributed by atoms with Gasteiger partial charge >= 0.3 is 0 Å². The lowest BCUT2D eigenvalue weighted by atomic mass is 10.0. The number of aryl methyl sites for hydroxylation is 1. The van der Waals surface area contributed by atoms with Gasteiger partial charge in [-0.3, -0.25) is 4.79 Å². The van der Waals surface area contributed by atoms with Crippen molar-refractivity contribution in [2.75, 3.05) is 0 Å². The molecule has 6 nitrogen and oxygen atoms in total. The fourth-order valence-corrected chi connectivity index (χ4v) is 1.59. The second kappa shape index (κ2) is 6.34. The zero-order valence-corrected chi connectivity index (χ0v) is 10.7. The summed E-state index contributed by atoms with van der Waals surface area (Å²) in [6, 6.07) is -0.451. The minimum absolute atomic E-state index is 0.135. The summed E-state index contributed by atoms with van der Waals surface area (Å²) in [6.45, 7) is 7.25. The van der Waals surface area contributed by atoms with Crippen LogP contribution in [0.5, 0.6) is 0 Å². The number of nitrogens with two attached hydrogens (primary N) is 1. The van der Waals surface area contributed by atoms with Crippen LogP contribution in [0.4, 0.5) is 0 Å². The van der Waals surface area contributed by atoms with E-state index < -0.39 is 6.04 Å². The van der Waals surface area contributed by atoms with Gasteiger partial charge < -0.3 is 15.6 Å². The highest BCUT2D eigenvalue weighted by Gasteiger charge is 2.15. The number of aromatic nitrogens is 3. The first-order chi connectivity index (χ1) is 8.04. The van der Waals surface area contributed by atoms with Gasteiger partial charge in [0.05, 0.1) is 12.6 Å². The summed E-state index contributed by atoms with van der Waals surface area (Å²) in [4.78, 5) is 11.7. The maximum absolute atomic E-state index is 11.7. The van der Waals surface area contributed by atoms with Gasteiger partial charge in [0.25, 0.3) is 0 Å². The Morgan fingerprint density at radius 2 is 2.29 bits per heavy atom. The number of carbonyl (C=O) groups excluding carboxylic acids is 1. The van der Waals surface area contributed by atoms with Crippen LogP contribution in [0, 0.1) is 5.92 Å². The minimum Gasteiger partial charge on any atom is -0.347 e. The summed E-state index contributed by atoms with van der Waals surface area (Å²) in [7, 11) is 0. The lowest BCUT2D eigenvalue weighted by molar-refractivity contribution is -0.122. The Bertz CT molecular complexity index is 360. The average Bonchev–Trinajstić information content (AvgIpc) is 2.72. The minimum atomic E-state index is -0.451. The molecule has 0 bridgehead atoms. The van der Waals surface area contributed by atoms with E-state index in [1.54, 1.807) is 6.33 Å². The molecule has 0 saturated heterocycles. The highest BCUT2D eigenvalue weighted by molar-refractivity contribution is 5.81. The molecule has 0 aromatic carbocycles. The number of hydrogen-bond acceptors (Lipinski definition) is 4. The second-order valence-electron chi connectivity index (χ2n) is 4.49. The van der Waals surface area contributed by atoms with E-state index >= 15 is 0 Å². The van der Waals surface area contributed by atoms with Gasteiger partial charge in [-0.05, 0) is 19.3 Å². The monoisotopic (exact) mass is 239 g/mol. The summed E-state index contributed by atoms with van der Waals surface area (Å²) in [6.07, 6.45) is 2.34. The van der Waals surface area contributed by atoms with Crippen LogP contribution in [-0.2, 0) is 17.9 Å². The summed E-state index contributed by atoms with van der Waals surface area (Å²) in [5.41, 5.74) is 5.77. The number of amides is 1. The summed E-state index contributed by atoms with van der Waals surface area (Å²) >= 11 is 0. The second-order valence-corrected chi connectivity index (χ2v) is 4.49. The van der Waals surface area contributed by atoms with Crippen LogP contribution in [0.1, 0.15) is 33.0 Å².